The zero-order valence-corrected chi connectivity index (χ0v) is 10.1. The van der Waals surface area contributed by atoms with Crippen molar-refractivity contribution in [3.63, 3.8) is 0 Å². The van der Waals surface area contributed by atoms with Crippen LogP contribution in [0.25, 0.3) is 5.57 Å². The van der Waals surface area contributed by atoms with E-state index >= 15 is 4.39 Å². The Kier molecular flexibility index (Phi) is 3.30. The van der Waals surface area contributed by atoms with Gasteiger partial charge in [-0.25, -0.2) is 4.39 Å². The van der Waals surface area contributed by atoms with E-state index in [0.29, 0.717) is 5.57 Å². The lowest BCUT2D eigenvalue weighted by Crippen LogP contribution is -2.51. The van der Waals surface area contributed by atoms with Gasteiger partial charge in [0.25, 0.3) is 0 Å². The normalized spacial score (nSPS) is 26.8. The number of nitrogens with one attached hydrogen (secondary N) is 1. The molecular formula is C14H15FN2O. The molecule has 1 aromatic carbocycles. The summed E-state index contributed by atoms with van der Waals surface area (Å²) in [5.74, 6) is -3.67. The van der Waals surface area contributed by atoms with E-state index in [9.17, 15) is 4.79 Å². The Hall–Kier alpha value is -1.94. The molecule has 2 unspecified atom stereocenters. The highest BCUT2D eigenvalue weighted by molar-refractivity contribution is 5.87. The molecule has 2 rings (SSSR count). The maximum atomic E-state index is 15.0. The molecule has 4 heteroatoms. The summed E-state index contributed by atoms with van der Waals surface area (Å²) in [6.07, 6.45) is 4.80. The molecule has 0 bridgehead atoms. The minimum Gasteiger partial charge on any atom is -0.369 e. The summed E-state index contributed by atoms with van der Waals surface area (Å²) >= 11 is 0. The predicted octanol–water partition coefficient (Wildman–Crippen LogP) is 1.63. The van der Waals surface area contributed by atoms with Crippen LogP contribution in [-0.2, 0) is 4.79 Å². The summed E-state index contributed by atoms with van der Waals surface area (Å²) in [6.45, 7) is 0. The van der Waals surface area contributed by atoms with Crippen LogP contribution in [0.1, 0.15) is 5.56 Å². The summed E-state index contributed by atoms with van der Waals surface area (Å²) in [6, 6.07) is 9.10. The van der Waals surface area contributed by atoms with Crippen molar-refractivity contribution in [2.45, 2.75) is 5.79 Å². The lowest BCUT2D eigenvalue weighted by molar-refractivity contribution is -0.123. The van der Waals surface area contributed by atoms with Gasteiger partial charge in [0.15, 0.2) is 0 Å². The fourth-order valence-electron chi connectivity index (χ4n) is 2.19. The summed E-state index contributed by atoms with van der Waals surface area (Å²) < 4.78 is 15.0. The largest absolute Gasteiger partial charge is 0.369 e. The van der Waals surface area contributed by atoms with Crippen molar-refractivity contribution >= 4 is 11.5 Å². The number of likely N-dealkylation sites (N-methyl/N-ethyl adjacent to an activating group) is 1. The Morgan fingerprint density at radius 1 is 1.39 bits per heavy atom. The Morgan fingerprint density at radius 2 is 2.06 bits per heavy atom. The molecule has 18 heavy (non-hydrogen) atoms. The van der Waals surface area contributed by atoms with Crippen molar-refractivity contribution in [1.82, 2.24) is 5.32 Å². The molecule has 3 nitrogen and oxygen atoms in total. The van der Waals surface area contributed by atoms with Gasteiger partial charge in [-0.3, -0.25) is 10.1 Å². The number of halogens is 1. The number of carbonyl (C=O) groups is 1. The van der Waals surface area contributed by atoms with Crippen LogP contribution in [0.3, 0.4) is 0 Å². The maximum absolute atomic E-state index is 15.0. The average molecular weight is 246 g/mol. The van der Waals surface area contributed by atoms with Gasteiger partial charge in [0, 0.05) is 5.57 Å². The summed E-state index contributed by atoms with van der Waals surface area (Å²) in [7, 11) is 1.48. The second-order valence-electron chi connectivity index (χ2n) is 4.17. The Balaban J connectivity index is 2.50. The first kappa shape index (κ1) is 12.5. The van der Waals surface area contributed by atoms with Crippen LogP contribution in [0, 0.1) is 5.92 Å². The number of alkyl halides is 1. The van der Waals surface area contributed by atoms with E-state index in [-0.39, 0.29) is 0 Å². The topological polar surface area (TPSA) is 55.1 Å². The molecule has 1 aromatic rings. The summed E-state index contributed by atoms with van der Waals surface area (Å²) in [5.41, 5.74) is 6.40. The molecule has 0 aliphatic heterocycles. The van der Waals surface area contributed by atoms with Crippen LogP contribution in [0.4, 0.5) is 4.39 Å². The van der Waals surface area contributed by atoms with Gasteiger partial charge in [0.1, 0.15) is 5.92 Å². The fourth-order valence-corrected chi connectivity index (χ4v) is 2.19. The first-order valence-electron chi connectivity index (χ1n) is 5.71. The standard InChI is InChI=1S/C14H15FN2O/c1-17-14(15)11(10-6-3-2-4-7-10)8-5-9-12(14)13(16)18/h2-9,12,17H,1H3,(H2,16,18). The van der Waals surface area contributed by atoms with Crippen molar-refractivity contribution in [2.24, 2.45) is 11.7 Å². The molecule has 1 aliphatic rings. The molecule has 0 saturated heterocycles. The van der Waals surface area contributed by atoms with Crippen molar-refractivity contribution < 1.29 is 9.18 Å². The number of carbonyl (C=O) groups excluding carboxylic acids is 1. The van der Waals surface area contributed by atoms with Gasteiger partial charge in [-0.15, -0.1) is 0 Å². The van der Waals surface area contributed by atoms with E-state index in [1.165, 1.54) is 13.1 Å². The predicted molar refractivity (Wildman–Crippen MR) is 69.1 cm³/mol. The monoisotopic (exact) mass is 246 g/mol. The lowest BCUT2D eigenvalue weighted by atomic mass is 9.82. The van der Waals surface area contributed by atoms with Crippen molar-refractivity contribution in [2.75, 3.05) is 7.05 Å². The number of amides is 1. The Morgan fingerprint density at radius 3 is 2.61 bits per heavy atom. The second kappa shape index (κ2) is 4.74. The van der Waals surface area contributed by atoms with E-state index in [1.54, 1.807) is 24.3 Å². The zero-order chi connectivity index (χ0) is 13.2. The van der Waals surface area contributed by atoms with E-state index < -0.39 is 17.6 Å². The lowest BCUT2D eigenvalue weighted by Gasteiger charge is -2.34. The minimum atomic E-state index is -1.97. The molecule has 0 aromatic heterocycles. The van der Waals surface area contributed by atoms with Crippen LogP contribution in [-0.4, -0.2) is 18.7 Å². The molecule has 0 fully saturated rings. The third-order valence-corrected chi connectivity index (χ3v) is 3.14. The molecule has 0 saturated carbocycles. The first-order valence-corrected chi connectivity index (χ1v) is 5.71. The van der Waals surface area contributed by atoms with Crippen LogP contribution in [0.15, 0.2) is 48.6 Å². The number of hydrogen-bond acceptors (Lipinski definition) is 2. The van der Waals surface area contributed by atoms with Crippen LogP contribution >= 0.6 is 0 Å². The molecule has 1 amide bonds. The number of hydrogen-bond donors (Lipinski definition) is 2. The van der Waals surface area contributed by atoms with E-state index in [1.807, 2.05) is 18.2 Å². The van der Waals surface area contributed by atoms with Gasteiger partial charge in [0.05, 0.1) is 0 Å². The van der Waals surface area contributed by atoms with Gasteiger partial charge < -0.3 is 5.73 Å². The highest BCUT2D eigenvalue weighted by Gasteiger charge is 2.45. The third kappa shape index (κ3) is 1.95. The van der Waals surface area contributed by atoms with Crippen molar-refractivity contribution in [3.05, 3.63) is 54.1 Å². The first-order chi connectivity index (χ1) is 8.59. The Bertz CT molecular complexity index is 510. The maximum Gasteiger partial charge on any atom is 0.229 e. The Labute approximate surface area is 105 Å². The number of primary amides is 1. The molecule has 94 valence electrons. The zero-order valence-electron chi connectivity index (χ0n) is 10.1. The number of benzene rings is 1. The molecule has 0 spiro atoms. The molecule has 2 atom stereocenters. The molecule has 0 heterocycles. The van der Waals surface area contributed by atoms with Gasteiger partial charge >= 0.3 is 0 Å². The van der Waals surface area contributed by atoms with Crippen LogP contribution in [0.2, 0.25) is 0 Å². The number of nitrogens with two attached hydrogens (primary N) is 1. The number of allylic oxidation sites excluding steroid dienone is 2. The van der Waals surface area contributed by atoms with Gasteiger partial charge in [0.2, 0.25) is 11.7 Å². The highest BCUT2D eigenvalue weighted by Crippen LogP contribution is 2.38. The smallest absolute Gasteiger partial charge is 0.229 e. The molecule has 0 radical (unpaired) electrons. The summed E-state index contributed by atoms with van der Waals surface area (Å²) in [4.78, 5) is 11.4. The van der Waals surface area contributed by atoms with E-state index in [4.69, 9.17) is 5.73 Å². The second-order valence-corrected chi connectivity index (χ2v) is 4.17. The minimum absolute atomic E-state index is 0.414. The molecular weight excluding hydrogens is 231 g/mol. The van der Waals surface area contributed by atoms with Crippen molar-refractivity contribution in [3.8, 4) is 0 Å². The van der Waals surface area contributed by atoms with Crippen molar-refractivity contribution in [1.29, 1.82) is 0 Å². The van der Waals surface area contributed by atoms with Gasteiger partial charge in [-0.1, -0.05) is 48.6 Å². The third-order valence-electron chi connectivity index (χ3n) is 3.14. The number of rotatable bonds is 3. The SMILES string of the molecule is CNC1(F)C(c2ccccc2)=CC=CC1C(N)=O. The quantitative estimate of drug-likeness (QED) is 0.796. The highest BCUT2D eigenvalue weighted by atomic mass is 19.1. The van der Waals surface area contributed by atoms with Gasteiger partial charge in [-0.2, -0.15) is 0 Å². The molecule has 1 aliphatic carbocycles. The van der Waals surface area contributed by atoms with E-state index in [0.717, 1.165) is 5.56 Å². The van der Waals surface area contributed by atoms with Crippen LogP contribution < -0.4 is 11.1 Å². The van der Waals surface area contributed by atoms with Crippen LogP contribution in [0.5, 0.6) is 0 Å². The molecule has 3 N–H and O–H groups in total. The van der Waals surface area contributed by atoms with Gasteiger partial charge in [-0.05, 0) is 12.6 Å². The summed E-state index contributed by atoms with van der Waals surface area (Å²) in [5, 5.41) is 2.57. The fraction of sp³-hybridized carbons (Fsp3) is 0.214. The average Bonchev–Trinajstić information content (AvgIpc) is 2.39. The van der Waals surface area contributed by atoms with E-state index in [2.05, 4.69) is 5.32 Å².